The standard InChI is InChI=1S/C20H34N4O3.HI/c1-5-24(6-2)12-7-8-16(3)23-20(21-4)22-11-13-25-17-9-10-18-19(14-17)27-15-26-18;/h9-10,14,16H,5-8,11-13,15H2,1-4H3,(H2,21,22,23);1H. The van der Waals surface area contributed by atoms with Crippen LogP contribution >= 0.6 is 24.0 Å². The summed E-state index contributed by atoms with van der Waals surface area (Å²) in [6, 6.07) is 5.98. The predicted octanol–water partition coefficient (Wildman–Crippen LogP) is 3.09. The van der Waals surface area contributed by atoms with Crippen LogP contribution in [0, 0.1) is 0 Å². The number of hydrogen-bond donors (Lipinski definition) is 2. The minimum atomic E-state index is 0. The molecule has 1 aromatic carbocycles. The first kappa shape index (κ1) is 24.6. The Labute approximate surface area is 186 Å². The van der Waals surface area contributed by atoms with Gasteiger partial charge >= 0.3 is 0 Å². The average molecular weight is 506 g/mol. The quantitative estimate of drug-likeness (QED) is 0.208. The molecular weight excluding hydrogens is 471 g/mol. The summed E-state index contributed by atoms with van der Waals surface area (Å²) in [4.78, 5) is 6.74. The Balaban J connectivity index is 0.00000392. The summed E-state index contributed by atoms with van der Waals surface area (Å²) in [6.07, 6.45) is 2.30. The molecule has 1 aromatic rings. The minimum absolute atomic E-state index is 0. The lowest BCUT2D eigenvalue weighted by atomic mass is 10.2. The Morgan fingerprint density at radius 1 is 1.25 bits per heavy atom. The number of rotatable bonds is 11. The Bertz CT molecular complexity index is 597. The molecule has 0 aliphatic carbocycles. The first-order chi connectivity index (χ1) is 13.2. The third-order valence-corrected chi connectivity index (χ3v) is 4.62. The van der Waals surface area contributed by atoms with Crippen LogP contribution in [0.15, 0.2) is 23.2 Å². The van der Waals surface area contributed by atoms with Crippen LogP contribution in [0.3, 0.4) is 0 Å². The normalized spacial score (nSPS) is 13.8. The molecule has 0 saturated heterocycles. The topological polar surface area (TPSA) is 67.4 Å². The van der Waals surface area contributed by atoms with Gasteiger partial charge in [-0.1, -0.05) is 13.8 Å². The van der Waals surface area contributed by atoms with Gasteiger partial charge in [0.1, 0.15) is 12.4 Å². The third-order valence-electron chi connectivity index (χ3n) is 4.62. The highest BCUT2D eigenvalue weighted by molar-refractivity contribution is 14.0. The number of hydrogen-bond acceptors (Lipinski definition) is 5. The van der Waals surface area contributed by atoms with Crippen LogP contribution in [0.5, 0.6) is 17.2 Å². The van der Waals surface area contributed by atoms with Gasteiger partial charge in [-0.3, -0.25) is 4.99 Å². The van der Waals surface area contributed by atoms with Gasteiger partial charge in [-0.15, -0.1) is 24.0 Å². The third kappa shape index (κ3) is 8.30. The second-order valence-electron chi connectivity index (χ2n) is 6.58. The van der Waals surface area contributed by atoms with E-state index in [2.05, 4.69) is 41.3 Å². The smallest absolute Gasteiger partial charge is 0.231 e. The van der Waals surface area contributed by atoms with E-state index in [9.17, 15) is 0 Å². The van der Waals surface area contributed by atoms with E-state index < -0.39 is 0 Å². The van der Waals surface area contributed by atoms with Crippen molar-refractivity contribution >= 4 is 29.9 Å². The maximum atomic E-state index is 5.76. The minimum Gasteiger partial charge on any atom is -0.492 e. The molecule has 1 aliphatic heterocycles. The Morgan fingerprint density at radius 3 is 2.71 bits per heavy atom. The summed E-state index contributed by atoms with van der Waals surface area (Å²) in [7, 11) is 1.79. The van der Waals surface area contributed by atoms with Crippen LogP contribution in [0.4, 0.5) is 0 Å². The van der Waals surface area contributed by atoms with Crippen LogP contribution in [0.1, 0.15) is 33.6 Å². The van der Waals surface area contributed by atoms with Crippen molar-refractivity contribution in [2.75, 3.05) is 46.6 Å². The van der Waals surface area contributed by atoms with Crippen molar-refractivity contribution < 1.29 is 14.2 Å². The van der Waals surface area contributed by atoms with Gasteiger partial charge in [0.25, 0.3) is 0 Å². The van der Waals surface area contributed by atoms with E-state index in [-0.39, 0.29) is 30.8 Å². The summed E-state index contributed by atoms with van der Waals surface area (Å²) >= 11 is 0. The van der Waals surface area contributed by atoms with E-state index in [0.717, 1.165) is 49.3 Å². The van der Waals surface area contributed by atoms with E-state index in [1.54, 1.807) is 7.05 Å². The van der Waals surface area contributed by atoms with Gasteiger partial charge in [-0.2, -0.15) is 0 Å². The van der Waals surface area contributed by atoms with Crippen LogP contribution in [0.25, 0.3) is 0 Å². The molecule has 0 bridgehead atoms. The van der Waals surface area contributed by atoms with E-state index in [1.165, 1.54) is 6.42 Å². The highest BCUT2D eigenvalue weighted by Gasteiger charge is 2.13. The molecular formula is C20H35IN4O3. The highest BCUT2D eigenvalue weighted by atomic mass is 127. The van der Waals surface area contributed by atoms with Gasteiger partial charge < -0.3 is 29.7 Å². The fraction of sp³-hybridized carbons (Fsp3) is 0.650. The van der Waals surface area contributed by atoms with Crippen molar-refractivity contribution in [2.24, 2.45) is 4.99 Å². The first-order valence-electron chi connectivity index (χ1n) is 9.88. The zero-order valence-electron chi connectivity index (χ0n) is 17.5. The summed E-state index contributed by atoms with van der Waals surface area (Å²) in [5.74, 6) is 3.07. The second kappa shape index (κ2) is 13.7. The lowest BCUT2D eigenvalue weighted by molar-refractivity contribution is 0.173. The van der Waals surface area contributed by atoms with Crippen LogP contribution in [-0.2, 0) is 0 Å². The summed E-state index contributed by atoms with van der Waals surface area (Å²) in [5.41, 5.74) is 0. The molecule has 8 heteroatoms. The van der Waals surface area contributed by atoms with Crippen molar-refractivity contribution in [3.8, 4) is 17.2 Å². The zero-order chi connectivity index (χ0) is 19.5. The number of fused-ring (bicyclic) bond motifs is 1. The summed E-state index contributed by atoms with van der Waals surface area (Å²) in [5, 5.41) is 6.73. The Kier molecular flexibility index (Phi) is 12.1. The lowest BCUT2D eigenvalue weighted by Crippen LogP contribution is -2.43. The lowest BCUT2D eigenvalue weighted by Gasteiger charge is -2.21. The molecule has 0 saturated carbocycles. The SMILES string of the molecule is CCN(CC)CCCC(C)NC(=NC)NCCOc1ccc2c(c1)OCO2.I. The van der Waals surface area contributed by atoms with E-state index in [1.807, 2.05) is 18.2 Å². The highest BCUT2D eigenvalue weighted by Crippen LogP contribution is 2.34. The van der Waals surface area contributed by atoms with Crippen molar-refractivity contribution in [3.63, 3.8) is 0 Å². The monoisotopic (exact) mass is 506 g/mol. The molecule has 2 N–H and O–H groups in total. The Hall–Kier alpha value is -1.42. The molecule has 0 spiro atoms. The summed E-state index contributed by atoms with van der Waals surface area (Å²) in [6.45, 7) is 11.5. The molecule has 7 nitrogen and oxygen atoms in total. The van der Waals surface area contributed by atoms with Gasteiger partial charge in [0.15, 0.2) is 17.5 Å². The van der Waals surface area contributed by atoms with Crippen LogP contribution in [-0.4, -0.2) is 63.5 Å². The Morgan fingerprint density at radius 2 is 2.00 bits per heavy atom. The van der Waals surface area contributed by atoms with E-state index in [0.29, 0.717) is 19.2 Å². The second-order valence-corrected chi connectivity index (χ2v) is 6.58. The number of halogens is 1. The number of ether oxygens (including phenoxy) is 3. The first-order valence-corrected chi connectivity index (χ1v) is 9.88. The molecule has 1 atom stereocenters. The zero-order valence-corrected chi connectivity index (χ0v) is 19.8. The van der Waals surface area contributed by atoms with Gasteiger partial charge in [-0.05, 0) is 51.5 Å². The van der Waals surface area contributed by atoms with Gasteiger partial charge in [0.2, 0.25) is 6.79 Å². The molecule has 0 amide bonds. The van der Waals surface area contributed by atoms with Gasteiger partial charge in [0, 0.05) is 19.2 Å². The maximum Gasteiger partial charge on any atom is 0.231 e. The molecule has 1 unspecified atom stereocenters. The number of aliphatic imine (C=N–C) groups is 1. The molecule has 1 aliphatic rings. The molecule has 160 valence electrons. The van der Waals surface area contributed by atoms with Crippen LogP contribution < -0.4 is 24.8 Å². The molecule has 2 rings (SSSR count). The van der Waals surface area contributed by atoms with E-state index in [4.69, 9.17) is 14.2 Å². The maximum absolute atomic E-state index is 5.76. The van der Waals surface area contributed by atoms with Crippen molar-refractivity contribution in [1.29, 1.82) is 0 Å². The fourth-order valence-electron chi connectivity index (χ4n) is 2.97. The van der Waals surface area contributed by atoms with Crippen molar-refractivity contribution in [3.05, 3.63) is 18.2 Å². The van der Waals surface area contributed by atoms with Crippen molar-refractivity contribution in [2.45, 2.75) is 39.7 Å². The number of benzene rings is 1. The molecule has 0 aromatic heterocycles. The summed E-state index contributed by atoms with van der Waals surface area (Å²) < 4.78 is 16.4. The predicted molar refractivity (Wildman–Crippen MR) is 124 cm³/mol. The number of guanidine groups is 1. The van der Waals surface area contributed by atoms with Gasteiger partial charge in [-0.25, -0.2) is 0 Å². The largest absolute Gasteiger partial charge is 0.492 e. The number of nitrogens with one attached hydrogen (secondary N) is 2. The molecule has 28 heavy (non-hydrogen) atoms. The molecule has 1 heterocycles. The molecule has 0 radical (unpaired) electrons. The fourth-order valence-corrected chi connectivity index (χ4v) is 2.97. The van der Waals surface area contributed by atoms with Crippen molar-refractivity contribution in [1.82, 2.24) is 15.5 Å². The average Bonchev–Trinajstić information content (AvgIpc) is 3.15. The van der Waals surface area contributed by atoms with Gasteiger partial charge in [0.05, 0.1) is 6.54 Å². The van der Waals surface area contributed by atoms with Crippen LogP contribution in [0.2, 0.25) is 0 Å². The van der Waals surface area contributed by atoms with E-state index >= 15 is 0 Å². The number of nitrogens with zero attached hydrogens (tertiary/aromatic N) is 2. The molecule has 0 fully saturated rings.